The monoisotopic (exact) mass is 335 g/mol. The molecule has 4 aromatic rings. The van der Waals surface area contributed by atoms with Gasteiger partial charge in [-0.25, -0.2) is 0 Å². The van der Waals surface area contributed by atoms with E-state index in [-0.39, 0.29) is 5.75 Å². The van der Waals surface area contributed by atoms with Crippen LogP contribution in [0, 0.1) is 0 Å². The van der Waals surface area contributed by atoms with Crippen molar-refractivity contribution in [3.05, 3.63) is 66.4 Å². The maximum Gasteiger partial charge on any atom is 0.214 e. The summed E-state index contributed by atoms with van der Waals surface area (Å²) in [6, 6.07) is 16.9. The van der Waals surface area contributed by atoms with E-state index in [9.17, 15) is 5.11 Å². The highest BCUT2D eigenvalue weighted by Gasteiger charge is 2.10. The van der Waals surface area contributed by atoms with Gasteiger partial charge in [0.15, 0.2) is 0 Å². The number of rotatable bonds is 4. The van der Waals surface area contributed by atoms with Crippen LogP contribution in [0.1, 0.15) is 5.56 Å². The fourth-order valence-corrected chi connectivity index (χ4v) is 3.33. The van der Waals surface area contributed by atoms with Crippen molar-refractivity contribution in [2.24, 2.45) is 0 Å². The third kappa shape index (κ3) is 2.81. The number of hydrogen-bond acceptors (Lipinski definition) is 6. The smallest absolute Gasteiger partial charge is 0.214 e. The summed E-state index contributed by atoms with van der Waals surface area (Å²) in [5.74, 6) is 0.926. The molecule has 4 rings (SSSR count). The normalized spacial score (nSPS) is 11.0. The summed E-state index contributed by atoms with van der Waals surface area (Å²) in [7, 11) is 0. The summed E-state index contributed by atoms with van der Waals surface area (Å²) in [4.78, 5) is 4.47. The van der Waals surface area contributed by atoms with E-state index in [1.807, 2.05) is 12.1 Å². The second-order valence-electron chi connectivity index (χ2n) is 5.17. The molecule has 0 saturated heterocycles. The number of phenols is 1. The lowest BCUT2D eigenvalue weighted by molar-refractivity contribution is 0.475. The molecule has 0 aliphatic heterocycles. The number of aromatic nitrogens is 5. The van der Waals surface area contributed by atoms with Crippen molar-refractivity contribution in [1.82, 2.24) is 25.2 Å². The first kappa shape index (κ1) is 14.6. The first-order chi connectivity index (χ1) is 11.8. The van der Waals surface area contributed by atoms with Crippen LogP contribution in [-0.2, 0) is 5.75 Å². The van der Waals surface area contributed by atoms with Crippen molar-refractivity contribution in [2.75, 3.05) is 0 Å². The Morgan fingerprint density at radius 2 is 1.83 bits per heavy atom. The molecular formula is C17H13N5OS. The molecule has 0 bridgehead atoms. The van der Waals surface area contributed by atoms with Crippen molar-refractivity contribution in [1.29, 1.82) is 0 Å². The fourth-order valence-electron chi connectivity index (χ4n) is 2.45. The number of pyridine rings is 1. The van der Waals surface area contributed by atoms with E-state index in [0.717, 1.165) is 22.2 Å². The Morgan fingerprint density at radius 3 is 2.71 bits per heavy atom. The summed E-state index contributed by atoms with van der Waals surface area (Å²) >= 11 is 1.55. The molecule has 0 amide bonds. The SMILES string of the molecule is Oc1ccc(-n2nnnc2SCc2cccc3cccnc23)cc1. The average molecular weight is 335 g/mol. The molecule has 0 spiro atoms. The lowest BCUT2D eigenvalue weighted by Crippen LogP contribution is -1.99. The second-order valence-corrected chi connectivity index (χ2v) is 6.11. The molecule has 118 valence electrons. The highest BCUT2D eigenvalue weighted by atomic mass is 32.2. The number of phenolic OH excluding ortho intramolecular Hbond substituents is 1. The maximum absolute atomic E-state index is 9.40. The molecule has 1 N–H and O–H groups in total. The molecule has 0 saturated carbocycles. The zero-order valence-electron chi connectivity index (χ0n) is 12.6. The van der Waals surface area contributed by atoms with Crippen molar-refractivity contribution in [3.8, 4) is 11.4 Å². The zero-order chi connectivity index (χ0) is 16.4. The lowest BCUT2D eigenvalue weighted by Gasteiger charge is -2.06. The molecule has 0 atom stereocenters. The third-order valence-electron chi connectivity index (χ3n) is 3.61. The van der Waals surface area contributed by atoms with Crippen molar-refractivity contribution < 1.29 is 5.11 Å². The van der Waals surface area contributed by atoms with Crippen LogP contribution in [0.4, 0.5) is 0 Å². The molecular weight excluding hydrogens is 322 g/mol. The molecule has 0 aliphatic rings. The standard InChI is InChI=1S/C17H13N5OS/c23-15-8-6-14(7-9-15)22-17(19-20-21-22)24-11-13-4-1-3-12-5-2-10-18-16(12)13/h1-10,23H,11H2. The summed E-state index contributed by atoms with van der Waals surface area (Å²) < 4.78 is 1.66. The van der Waals surface area contributed by atoms with Gasteiger partial charge >= 0.3 is 0 Å². The van der Waals surface area contributed by atoms with Crippen molar-refractivity contribution in [2.45, 2.75) is 10.9 Å². The van der Waals surface area contributed by atoms with Crippen LogP contribution >= 0.6 is 11.8 Å². The molecule has 0 aliphatic carbocycles. The van der Waals surface area contributed by atoms with E-state index >= 15 is 0 Å². The predicted molar refractivity (Wildman–Crippen MR) is 92.1 cm³/mol. The number of hydrogen-bond donors (Lipinski definition) is 1. The van der Waals surface area contributed by atoms with Crippen LogP contribution in [0.25, 0.3) is 16.6 Å². The lowest BCUT2D eigenvalue weighted by atomic mass is 10.1. The molecule has 2 aromatic heterocycles. The predicted octanol–water partition coefficient (Wildman–Crippen LogP) is 3.21. The van der Waals surface area contributed by atoms with Gasteiger partial charge in [-0.3, -0.25) is 4.98 Å². The molecule has 6 nitrogen and oxygen atoms in total. The Balaban J connectivity index is 1.61. The van der Waals surface area contributed by atoms with Gasteiger partial charge in [0.25, 0.3) is 0 Å². The summed E-state index contributed by atoms with van der Waals surface area (Å²) in [6.45, 7) is 0. The second kappa shape index (κ2) is 6.29. The molecule has 24 heavy (non-hydrogen) atoms. The quantitative estimate of drug-likeness (QED) is 0.577. The van der Waals surface area contributed by atoms with E-state index in [2.05, 4.69) is 38.7 Å². The first-order valence-electron chi connectivity index (χ1n) is 7.34. The number of nitrogens with zero attached hydrogens (tertiary/aromatic N) is 5. The number of tetrazole rings is 1. The van der Waals surface area contributed by atoms with Crippen LogP contribution in [0.15, 0.2) is 66.0 Å². The molecule has 0 fully saturated rings. The Kier molecular flexibility index (Phi) is 3.84. The summed E-state index contributed by atoms with van der Waals surface area (Å²) in [5.41, 5.74) is 2.94. The third-order valence-corrected chi connectivity index (χ3v) is 4.58. The molecule has 2 heterocycles. The minimum Gasteiger partial charge on any atom is -0.508 e. The number of thioether (sulfide) groups is 1. The van der Waals surface area contributed by atoms with Crippen molar-refractivity contribution in [3.63, 3.8) is 0 Å². The Hall–Kier alpha value is -2.93. The van der Waals surface area contributed by atoms with E-state index < -0.39 is 0 Å². The first-order valence-corrected chi connectivity index (χ1v) is 8.33. The fraction of sp³-hybridized carbons (Fsp3) is 0.0588. The van der Waals surface area contributed by atoms with E-state index in [1.54, 1.807) is 46.9 Å². The Labute approximate surface area is 142 Å². The number of para-hydroxylation sites is 1. The topological polar surface area (TPSA) is 76.7 Å². The molecule has 7 heteroatoms. The van der Waals surface area contributed by atoms with Gasteiger partial charge in [0, 0.05) is 17.3 Å². The van der Waals surface area contributed by atoms with E-state index in [1.165, 1.54) is 0 Å². The summed E-state index contributed by atoms with van der Waals surface area (Å²) in [6.07, 6.45) is 1.80. The average Bonchev–Trinajstić information content (AvgIpc) is 3.09. The summed E-state index contributed by atoms with van der Waals surface area (Å²) in [5, 5.41) is 23.1. The van der Waals surface area contributed by atoms with Crippen LogP contribution in [0.2, 0.25) is 0 Å². The number of aromatic hydroxyl groups is 1. The van der Waals surface area contributed by atoms with Gasteiger partial charge in [-0.05, 0) is 46.3 Å². The van der Waals surface area contributed by atoms with Crippen LogP contribution in [0.5, 0.6) is 5.75 Å². The van der Waals surface area contributed by atoms with Gasteiger partial charge < -0.3 is 5.11 Å². The number of fused-ring (bicyclic) bond motifs is 1. The van der Waals surface area contributed by atoms with Crippen molar-refractivity contribution >= 4 is 22.7 Å². The van der Waals surface area contributed by atoms with Gasteiger partial charge in [-0.2, -0.15) is 4.68 Å². The molecule has 2 aromatic carbocycles. The van der Waals surface area contributed by atoms with Crippen LogP contribution in [-0.4, -0.2) is 30.3 Å². The van der Waals surface area contributed by atoms with Gasteiger partial charge in [-0.15, -0.1) is 5.10 Å². The Bertz CT molecular complexity index is 978. The largest absolute Gasteiger partial charge is 0.508 e. The minimum atomic E-state index is 0.211. The highest BCUT2D eigenvalue weighted by Crippen LogP contribution is 2.26. The number of benzene rings is 2. The zero-order valence-corrected chi connectivity index (χ0v) is 13.4. The minimum absolute atomic E-state index is 0.211. The van der Waals surface area contributed by atoms with E-state index in [4.69, 9.17) is 0 Å². The maximum atomic E-state index is 9.40. The van der Waals surface area contributed by atoms with E-state index in [0.29, 0.717) is 10.9 Å². The Morgan fingerprint density at radius 1 is 1.00 bits per heavy atom. The molecule has 0 unspecified atom stereocenters. The van der Waals surface area contributed by atoms with Crippen LogP contribution < -0.4 is 0 Å². The van der Waals surface area contributed by atoms with Crippen LogP contribution in [0.3, 0.4) is 0 Å². The van der Waals surface area contributed by atoms with Gasteiger partial charge in [0.2, 0.25) is 5.16 Å². The van der Waals surface area contributed by atoms with Gasteiger partial charge in [-0.1, -0.05) is 36.0 Å². The molecule has 0 radical (unpaired) electrons. The van der Waals surface area contributed by atoms with Gasteiger partial charge in [0.1, 0.15) is 5.75 Å². The highest BCUT2D eigenvalue weighted by molar-refractivity contribution is 7.98. The van der Waals surface area contributed by atoms with Gasteiger partial charge in [0.05, 0.1) is 11.2 Å².